The van der Waals surface area contributed by atoms with Crippen molar-refractivity contribution >= 4 is 44.4 Å². The van der Waals surface area contributed by atoms with Gasteiger partial charge in [0.15, 0.2) is 5.13 Å². The number of anilines is 1. The van der Waals surface area contributed by atoms with E-state index in [4.69, 9.17) is 9.72 Å². The van der Waals surface area contributed by atoms with Crippen LogP contribution in [0, 0.1) is 13.8 Å². The van der Waals surface area contributed by atoms with Crippen LogP contribution < -0.4 is 4.90 Å². The van der Waals surface area contributed by atoms with Gasteiger partial charge in [-0.3, -0.25) is 14.6 Å². The summed E-state index contributed by atoms with van der Waals surface area (Å²) in [5.74, 6) is 0.925. The summed E-state index contributed by atoms with van der Waals surface area (Å²) in [7, 11) is 0. The molecular weight excluding hydrogens is 438 g/mol. The van der Waals surface area contributed by atoms with Gasteiger partial charge in [0.2, 0.25) is 5.91 Å². The summed E-state index contributed by atoms with van der Waals surface area (Å²) < 4.78 is 6.60. The van der Waals surface area contributed by atoms with E-state index in [1.165, 1.54) is 16.0 Å². The van der Waals surface area contributed by atoms with Crippen LogP contribution in [-0.2, 0) is 9.53 Å². The Kier molecular flexibility index (Phi) is 8.19. The molecule has 1 amide bonds. The Morgan fingerprint density at radius 1 is 1.16 bits per heavy atom. The molecule has 1 aliphatic rings. The fourth-order valence-corrected chi connectivity index (χ4v) is 5.75. The first kappa shape index (κ1) is 23.2. The van der Waals surface area contributed by atoms with Crippen LogP contribution in [-0.4, -0.2) is 60.9 Å². The Bertz CT molecular complexity index is 993. The normalized spacial score (nSPS) is 14.7. The molecular formula is C25H31N3O2S2. The lowest BCUT2D eigenvalue weighted by molar-refractivity contribution is -0.118. The van der Waals surface area contributed by atoms with Crippen molar-refractivity contribution in [3.63, 3.8) is 0 Å². The van der Waals surface area contributed by atoms with E-state index in [1.807, 2.05) is 23.1 Å². The summed E-state index contributed by atoms with van der Waals surface area (Å²) in [6.45, 7) is 9.47. The summed E-state index contributed by atoms with van der Waals surface area (Å²) in [6.07, 6.45) is 1.44. The van der Waals surface area contributed by atoms with Gasteiger partial charge in [0, 0.05) is 43.2 Å². The molecule has 0 spiro atoms. The lowest BCUT2D eigenvalue weighted by Gasteiger charge is -2.27. The highest BCUT2D eigenvalue weighted by Crippen LogP contribution is 2.31. The second-order valence-corrected chi connectivity index (χ2v) is 10.3. The highest BCUT2D eigenvalue weighted by molar-refractivity contribution is 7.99. The standard InChI is InChI=1S/C25H31N3O2S2/c1-19-17-22-23(18-20(19)2)32-25(26-22)28(11-6-10-27-12-14-30-15-13-27)24(29)9-16-31-21-7-4-3-5-8-21/h3-5,7-8,17-18H,6,9-16H2,1-2H3. The van der Waals surface area contributed by atoms with E-state index < -0.39 is 0 Å². The van der Waals surface area contributed by atoms with Crippen molar-refractivity contribution in [2.45, 2.75) is 31.6 Å². The first-order valence-electron chi connectivity index (χ1n) is 11.3. The molecule has 32 heavy (non-hydrogen) atoms. The van der Waals surface area contributed by atoms with Gasteiger partial charge in [-0.15, -0.1) is 11.8 Å². The zero-order chi connectivity index (χ0) is 22.3. The van der Waals surface area contributed by atoms with Crippen molar-refractivity contribution < 1.29 is 9.53 Å². The minimum Gasteiger partial charge on any atom is -0.379 e. The molecule has 1 aromatic heterocycles. The average Bonchev–Trinajstić information content (AvgIpc) is 3.20. The van der Waals surface area contributed by atoms with Crippen LogP contribution in [0.1, 0.15) is 24.0 Å². The maximum atomic E-state index is 13.3. The molecule has 5 nitrogen and oxygen atoms in total. The molecule has 4 rings (SSSR count). The first-order valence-corrected chi connectivity index (χ1v) is 13.1. The Balaban J connectivity index is 1.44. The molecule has 1 aliphatic heterocycles. The molecule has 0 N–H and O–H groups in total. The number of aryl methyl sites for hydroxylation is 2. The Morgan fingerprint density at radius 3 is 2.69 bits per heavy atom. The second-order valence-electron chi connectivity index (χ2n) is 8.17. The van der Waals surface area contributed by atoms with Crippen LogP contribution in [0.4, 0.5) is 5.13 Å². The van der Waals surface area contributed by atoms with E-state index in [0.717, 1.165) is 60.4 Å². The minimum atomic E-state index is 0.155. The number of thioether (sulfide) groups is 1. The maximum Gasteiger partial charge on any atom is 0.229 e. The van der Waals surface area contributed by atoms with Crippen molar-refractivity contribution in [2.75, 3.05) is 50.0 Å². The molecule has 0 aliphatic carbocycles. The number of carbonyl (C=O) groups excluding carboxylic acids is 1. The first-order chi connectivity index (χ1) is 15.6. The van der Waals surface area contributed by atoms with Crippen LogP contribution >= 0.6 is 23.1 Å². The third-order valence-corrected chi connectivity index (χ3v) is 7.87. The monoisotopic (exact) mass is 469 g/mol. The third kappa shape index (κ3) is 6.10. The Labute approximate surface area is 198 Å². The molecule has 1 fully saturated rings. The van der Waals surface area contributed by atoms with Gasteiger partial charge in [0.05, 0.1) is 23.4 Å². The molecule has 0 atom stereocenters. The Morgan fingerprint density at radius 2 is 1.91 bits per heavy atom. The number of fused-ring (bicyclic) bond motifs is 1. The molecule has 2 aromatic carbocycles. The van der Waals surface area contributed by atoms with Gasteiger partial charge in [0.1, 0.15) is 0 Å². The second kappa shape index (κ2) is 11.3. The summed E-state index contributed by atoms with van der Waals surface area (Å²) in [5, 5.41) is 0.821. The number of carbonyl (C=O) groups is 1. The van der Waals surface area contributed by atoms with Gasteiger partial charge in [0.25, 0.3) is 0 Å². The van der Waals surface area contributed by atoms with Crippen molar-refractivity contribution in [3.05, 3.63) is 53.6 Å². The van der Waals surface area contributed by atoms with E-state index in [9.17, 15) is 4.79 Å². The number of hydrogen-bond donors (Lipinski definition) is 0. The van der Waals surface area contributed by atoms with E-state index in [1.54, 1.807) is 23.1 Å². The smallest absolute Gasteiger partial charge is 0.229 e. The number of aromatic nitrogens is 1. The summed E-state index contributed by atoms with van der Waals surface area (Å²) >= 11 is 3.36. The number of hydrogen-bond acceptors (Lipinski definition) is 6. The van der Waals surface area contributed by atoms with Gasteiger partial charge in [-0.05, 0) is 55.7 Å². The fraction of sp³-hybridized carbons (Fsp3) is 0.440. The van der Waals surface area contributed by atoms with Crippen molar-refractivity contribution in [2.24, 2.45) is 0 Å². The molecule has 170 valence electrons. The zero-order valence-electron chi connectivity index (χ0n) is 18.9. The predicted molar refractivity (Wildman–Crippen MR) is 135 cm³/mol. The molecule has 0 saturated carbocycles. The summed E-state index contributed by atoms with van der Waals surface area (Å²) in [5.41, 5.74) is 3.48. The number of amides is 1. The highest BCUT2D eigenvalue weighted by Gasteiger charge is 2.20. The minimum absolute atomic E-state index is 0.155. The lowest BCUT2D eigenvalue weighted by Crippen LogP contribution is -2.39. The number of morpholine rings is 1. The molecule has 1 saturated heterocycles. The Hall–Kier alpha value is -1.93. The van der Waals surface area contributed by atoms with Gasteiger partial charge in [-0.1, -0.05) is 29.5 Å². The maximum absolute atomic E-state index is 13.3. The third-order valence-electron chi connectivity index (χ3n) is 5.81. The number of nitrogens with zero attached hydrogens (tertiary/aromatic N) is 3. The number of ether oxygens (including phenoxy) is 1. The zero-order valence-corrected chi connectivity index (χ0v) is 20.5. The lowest BCUT2D eigenvalue weighted by atomic mass is 10.1. The average molecular weight is 470 g/mol. The molecule has 2 heterocycles. The van der Waals surface area contributed by atoms with E-state index in [2.05, 4.69) is 43.0 Å². The van der Waals surface area contributed by atoms with Crippen LogP contribution in [0.15, 0.2) is 47.4 Å². The topological polar surface area (TPSA) is 45.7 Å². The number of thiazole rings is 1. The van der Waals surface area contributed by atoms with Crippen molar-refractivity contribution in [1.29, 1.82) is 0 Å². The highest BCUT2D eigenvalue weighted by atomic mass is 32.2. The molecule has 0 radical (unpaired) electrons. The number of benzene rings is 2. The van der Waals surface area contributed by atoms with E-state index in [-0.39, 0.29) is 5.91 Å². The molecule has 7 heteroatoms. The van der Waals surface area contributed by atoms with Gasteiger partial charge >= 0.3 is 0 Å². The van der Waals surface area contributed by atoms with Crippen LogP contribution in [0.25, 0.3) is 10.2 Å². The predicted octanol–water partition coefficient (Wildman–Crippen LogP) is 5.15. The largest absolute Gasteiger partial charge is 0.379 e. The van der Waals surface area contributed by atoms with Gasteiger partial charge < -0.3 is 4.74 Å². The van der Waals surface area contributed by atoms with E-state index in [0.29, 0.717) is 13.0 Å². The summed E-state index contributed by atoms with van der Waals surface area (Å²) in [6, 6.07) is 14.6. The molecule has 0 bridgehead atoms. The van der Waals surface area contributed by atoms with Crippen LogP contribution in [0.3, 0.4) is 0 Å². The van der Waals surface area contributed by atoms with Crippen LogP contribution in [0.2, 0.25) is 0 Å². The SMILES string of the molecule is Cc1cc2nc(N(CCCN3CCOCC3)C(=O)CCSc3ccccc3)sc2cc1C. The van der Waals surface area contributed by atoms with Crippen LogP contribution in [0.5, 0.6) is 0 Å². The number of rotatable bonds is 9. The van der Waals surface area contributed by atoms with Gasteiger partial charge in [-0.2, -0.15) is 0 Å². The van der Waals surface area contributed by atoms with Crippen molar-refractivity contribution in [3.8, 4) is 0 Å². The summed E-state index contributed by atoms with van der Waals surface area (Å²) in [4.78, 5) is 23.7. The van der Waals surface area contributed by atoms with Crippen molar-refractivity contribution in [1.82, 2.24) is 9.88 Å². The molecule has 0 unspecified atom stereocenters. The van der Waals surface area contributed by atoms with Gasteiger partial charge in [-0.25, -0.2) is 4.98 Å². The quantitative estimate of drug-likeness (QED) is 0.406. The molecule has 3 aromatic rings. The van der Waals surface area contributed by atoms with E-state index >= 15 is 0 Å². The fourth-order valence-electron chi connectivity index (χ4n) is 3.80.